The highest BCUT2D eigenvalue weighted by Gasteiger charge is 2.34. The lowest BCUT2D eigenvalue weighted by molar-refractivity contribution is 0.0517. The van der Waals surface area contributed by atoms with Crippen molar-refractivity contribution in [3.63, 3.8) is 0 Å². The zero-order valence-electron chi connectivity index (χ0n) is 17.9. The van der Waals surface area contributed by atoms with E-state index in [9.17, 15) is 13.2 Å². The second kappa shape index (κ2) is 9.05. The lowest BCUT2D eigenvalue weighted by Crippen LogP contribution is -2.36. The van der Waals surface area contributed by atoms with Crippen LogP contribution < -0.4 is 0 Å². The molecule has 1 aromatic heterocycles. The van der Waals surface area contributed by atoms with Crippen molar-refractivity contribution in [1.29, 1.82) is 0 Å². The van der Waals surface area contributed by atoms with Crippen molar-refractivity contribution in [3.8, 4) is 5.69 Å². The summed E-state index contributed by atoms with van der Waals surface area (Å²) in [6.07, 6.45) is 1.25. The molecular formula is C23H24ClN3O4S. The summed E-state index contributed by atoms with van der Waals surface area (Å²) in [7, 11) is -3.72. The Kier molecular flexibility index (Phi) is 6.37. The van der Waals surface area contributed by atoms with Gasteiger partial charge in [0.2, 0.25) is 10.0 Å². The van der Waals surface area contributed by atoms with E-state index in [0.717, 1.165) is 23.4 Å². The highest BCUT2D eigenvalue weighted by molar-refractivity contribution is 7.89. The van der Waals surface area contributed by atoms with Crippen LogP contribution in [0, 0.1) is 0 Å². The van der Waals surface area contributed by atoms with Gasteiger partial charge in [0.1, 0.15) is 0 Å². The normalized spacial score (nSPS) is 14.2. The van der Waals surface area contributed by atoms with Crippen molar-refractivity contribution in [2.24, 2.45) is 0 Å². The number of hydrogen-bond donors (Lipinski definition) is 0. The van der Waals surface area contributed by atoms with Gasteiger partial charge < -0.3 is 4.74 Å². The van der Waals surface area contributed by atoms with Crippen LogP contribution in [0.3, 0.4) is 0 Å². The lowest BCUT2D eigenvalue weighted by atomic mass is 10.1. The van der Waals surface area contributed by atoms with Gasteiger partial charge in [-0.2, -0.15) is 9.40 Å². The van der Waals surface area contributed by atoms with Gasteiger partial charge in [-0.05, 0) is 55.3 Å². The maximum Gasteiger partial charge on any atom is 0.359 e. The minimum absolute atomic E-state index is 0.0505. The largest absolute Gasteiger partial charge is 0.461 e. The molecule has 0 amide bonds. The van der Waals surface area contributed by atoms with E-state index in [2.05, 4.69) is 5.10 Å². The van der Waals surface area contributed by atoms with Crippen LogP contribution >= 0.6 is 11.6 Å². The molecule has 3 aromatic rings. The Labute approximate surface area is 192 Å². The molecule has 7 nitrogen and oxygen atoms in total. The standard InChI is InChI=1S/C23H24ClN3O4S/c1-3-16-5-11-19(12-6-16)32(29,30)26-14-13-21-20(15-26)22(23(28)31-4-2)25-27(21)18-9-7-17(24)8-10-18/h5-12H,3-4,13-15H2,1-2H3. The number of nitrogens with zero attached hydrogens (tertiary/aromatic N) is 3. The number of carbonyl (C=O) groups is 1. The van der Waals surface area contributed by atoms with Crippen LogP contribution in [-0.4, -0.2) is 41.6 Å². The number of halogens is 1. The molecule has 0 N–H and O–H groups in total. The second-order valence-corrected chi connectivity index (χ2v) is 9.84. The molecular weight excluding hydrogens is 450 g/mol. The van der Waals surface area contributed by atoms with Crippen LogP contribution in [-0.2, 0) is 34.1 Å². The van der Waals surface area contributed by atoms with E-state index >= 15 is 0 Å². The molecule has 0 aliphatic carbocycles. The molecule has 0 fully saturated rings. The quantitative estimate of drug-likeness (QED) is 0.505. The van der Waals surface area contributed by atoms with Crippen LogP contribution in [0.4, 0.5) is 0 Å². The predicted octanol–water partition coefficient (Wildman–Crippen LogP) is 4.01. The number of aryl methyl sites for hydroxylation is 1. The number of sulfonamides is 1. The van der Waals surface area contributed by atoms with Crippen molar-refractivity contribution >= 4 is 27.6 Å². The van der Waals surface area contributed by atoms with Gasteiger partial charge in [0, 0.05) is 30.1 Å². The van der Waals surface area contributed by atoms with E-state index in [1.54, 1.807) is 35.9 Å². The molecule has 2 aromatic carbocycles. The Hall–Kier alpha value is -2.68. The summed E-state index contributed by atoms with van der Waals surface area (Å²) in [6.45, 7) is 4.27. The Morgan fingerprint density at radius 1 is 1.09 bits per heavy atom. The third kappa shape index (κ3) is 4.18. The minimum Gasteiger partial charge on any atom is -0.461 e. The first-order valence-corrected chi connectivity index (χ1v) is 12.3. The summed E-state index contributed by atoms with van der Waals surface area (Å²) in [5.41, 5.74) is 3.31. The van der Waals surface area contributed by atoms with Gasteiger partial charge in [0.05, 0.1) is 22.9 Å². The van der Waals surface area contributed by atoms with Gasteiger partial charge in [-0.1, -0.05) is 30.7 Å². The van der Waals surface area contributed by atoms with E-state index in [0.29, 0.717) is 17.0 Å². The molecule has 1 aliphatic heterocycles. The number of aromatic nitrogens is 2. The second-order valence-electron chi connectivity index (χ2n) is 7.47. The fourth-order valence-corrected chi connectivity index (χ4v) is 5.34. The third-order valence-corrected chi connectivity index (χ3v) is 7.64. The number of ether oxygens (including phenoxy) is 1. The van der Waals surface area contributed by atoms with Crippen molar-refractivity contribution in [3.05, 3.63) is 76.1 Å². The smallest absolute Gasteiger partial charge is 0.359 e. The van der Waals surface area contributed by atoms with Crippen LogP contribution in [0.2, 0.25) is 5.02 Å². The first-order valence-electron chi connectivity index (χ1n) is 10.5. The molecule has 4 rings (SSSR count). The number of fused-ring (bicyclic) bond motifs is 1. The summed E-state index contributed by atoms with van der Waals surface area (Å²) < 4.78 is 34.8. The number of hydrogen-bond acceptors (Lipinski definition) is 5. The molecule has 0 spiro atoms. The van der Waals surface area contributed by atoms with E-state index in [4.69, 9.17) is 16.3 Å². The molecule has 0 atom stereocenters. The zero-order chi connectivity index (χ0) is 22.9. The van der Waals surface area contributed by atoms with Gasteiger partial charge in [-0.3, -0.25) is 0 Å². The molecule has 32 heavy (non-hydrogen) atoms. The predicted molar refractivity (Wildman–Crippen MR) is 122 cm³/mol. The van der Waals surface area contributed by atoms with Crippen LogP contribution in [0.15, 0.2) is 53.4 Å². The molecule has 0 saturated heterocycles. The highest BCUT2D eigenvalue weighted by atomic mass is 35.5. The first kappa shape index (κ1) is 22.5. The van der Waals surface area contributed by atoms with Crippen molar-refractivity contribution in [2.75, 3.05) is 13.2 Å². The fraction of sp³-hybridized carbons (Fsp3) is 0.304. The summed E-state index contributed by atoms with van der Waals surface area (Å²) in [5.74, 6) is -0.567. The average molecular weight is 474 g/mol. The Bertz CT molecular complexity index is 1240. The first-order chi connectivity index (χ1) is 15.3. The lowest BCUT2D eigenvalue weighted by Gasteiger charge is -2.27. The summed E-state index contributed by atoms with van der Waals surface area (Å²) in [4.78, 5) is 12.9. The molecule has 1 aliphatic rings. The van der Waals surface area contributed by atoms with Crippen molar-refractivity contribution in [2.45, 2.75) is 38.1 Å². The highest BCUT2D eigenvalue weighted by Crippen LogP contribution is 2.30. The minimum atomic E-state index is -3.72. The number of rotatable bonds is 6. The summed E-state index contributed by atoms with van der Waals surface area (Å²) in [6, 6.07) is 14.0. The number of esters is 1. The van der Waals surface area contributed by atoms with Crippen LogP contribution in [0.25, 0.3) is 5.69 Å². The molecule has 2 heterocycles. The van der Waals surface area contributed by atoms with Crippen molar-refractivity contribution in [1.82, 2.24) is 14.1 Å². The van der Waals surface area contributed by atoms with E-state index in [1.165, 1.54) is 4.31 Å². The number of benzene rings is 2. The zero-order valence-corrected chi connectivity index (χ0v) is 19.5. The Morgan fingerprint density at radius 3 is 2.41 bits per heavy atom. The molecule has 0 unspecified atom stereocenters. The maximum atomic E-state index is 13.3. The van der Waals surface area contributed by atoms with Crippen molar-refractivity contribution < 1.29 is 17.9 Å². The molecule has 0 saturated carbocycles. The summed E-state index contributed by atoms with van der Waals surface area (Å²) >= 11 is 6.01. The van der Waals surface area contributed by atoms with Crippen LogP contribution in [0.5, 0.6) is 0 Å². The van der Waals surface area contributed by atoms with Gasteiger partial charge >= 0.3 is 5.97 Å². The molecule has 0 bridgehead atoms. The average Bonchev–Trinajstić information content (AvgIpc) is 3.19. The van der Waals surface area contributed by atoms with Gasteiger partial charge in [-0.15, -0.1) is 0 Å². The van der Waals surface area contributed by atoms with E-state index in [-0.39, 0.29) is 30.3 Å². The Morgan fingerprint density at radius 2 is 1.78 bits per heavy atom. The van der Waals surface area contributed by atoms with Gasteiger partial charge in [0.15, 0.2) is 5.69 Å². The molecule has 9 heteroatoms. The third-order valence-electron chi connectivity index (χ3n) is 5.53. The maximum absolute atomic E-state index is 13.3. The molecule has 0 radical (unpaired) electrons. The van der Waals surface area contributed by atoms with E-state index < -0.39 is 16.0 Å². The fourth-order valence-electron chi connectivity index (χ4n) is 3.80. The van der Waals surface area contributed by atoms with Gasteiger partial charge in [-0.25, -0.2) is 17.9 Å². The van der Waals surface area contributed by atoms with Crippen LogP contribution in [0.1, 0.15) is 41.2 Å². The molecule has 168 valence electrons. The Balaban J connectivity index is 1.73. The van der Waals surface area contributed by atoms with E-state index in [1.807, 2.05) is 31.2 Å². The number of carbonyl (C=O) groups excluding carboxylic acids is 1. The van der Waals surface area contributed by atoms with Gasteiger partial charge in [0.25, 0.3) is 0 Å². The topological polar surface area (TPSA) is 81.5 Å². The SMILES string of the molecule is CCOC(=O)c1nn(-c2ccc(Cl)cc2)c2c1CN(S(=O)(=O)c1ccc(CC)cc1)CC2. The summed E-state index contributed by atoms with van der Waals surface area (Å²) in [5, 5.41) is 5.09. The monoisotopic (exact) mass is 473 g/mol.